The van der Waals surface area contributed by atoms with Gasteiger partial charge in [0.15, 0.2) is 10.8 Å². The maximum absolute atomic E-state index is 13.2. The molecule has 36 heavy (non-hydrogen) atoms. The van der Waals surface area contributed by atoms with Crippen LogP contribution in [-0.2, 0) is 19.1 Å². The summed E-state index contributed by atoms with van der Waals surface area (Å²) in [7, 11) is 0. The van der Waals surface area contributed by atoms with Crippen molar-refractivity contribution in [2.45, 2.75) is 104 Å². The standard InChI is InChI=1S/C27H39NO7S/c1-14-8-7-9-19-21(34-19)11-20(15(2)10-18-13-36-26(28-18)17(4)29)35-23(31)12-22(30)27(5,6)25(33)16(3)24(14)32/h10,13-14,16,19-22,24,30,32H,7-9,11-12H2,1-6H3/t14-,16+,19+,20-,21+,22-,24-/m1/s1. The van der Waals surface area contributed by atoms with Gasteiger partial charge in [0.2, 0.25) is 0 Å². The van der Waals surface area contributed by atoms with Gasteiger partial charge in [-0.25, -0.2) is 4.98 Å². The Morgan fingerprint density at radius 2 is 1.86 bits per heavy atom. The topological polar surface area (TPSA) is 126 Å². The second-order valence-electron chi connectivity index (χ2n) is 10.9. The summed E-state index contributed by atoms with van der Waals surface area (Å²) in [6, 6.07) is 0. The third-order valence-electron chi connectivity index (χ3n) is 7.60. The minimum Gasteiger partial charge on any atom is -0.458 e. The monoisotopic (exact) mass is 521 g/mol. The van der Waals surface area contributed by atoms with Gasteiger partial charge in [0.25, 0.3) is 0 Å². The molecule has 1 aromatic rings. The lowest BCUT2D eigenvalue weighted by molar-refractivity contribution is -0.154. The van der Waals surface area contributed by atoms with E-state index in [1.54, 1.807) is 32.2 Å². The number of ether oxygens (including phenoxy) is 2. The normalized spacial score (nSPS) is 34.6. The molecule has 3 heterocycles. The van der Waals surface area contributed by atoms with E-state index in [2.05, 4.69) is 4.98 Å². The Kier molecular flexibility index (Phi) is 9.25. The van der Waals surface area contributed by atoms with Crippen LogP contribution in [0.1, 0.15) is 89.1 Å². The Morgan fingerprint density at radius 1 is 1.17 bits per heavy atom. The van der Waals surface area contributed by atoms with E-state index < -0.39 is 35.6 Å². The summed E-state index contributed by atoms with van der Waals surface area (Å²) in [6.07, 6.45) is 1.68. The number of aromatic nitrogens is 1. The van der Waals surface area contributed by atoms with E-state index in [0.29, 0.717) is 17.1 Å². The summed E-state index contributed by atoms with van der Waals surface area (Å²) in [5.74, 6) is -1.76. The molecule has 0 amide bonds. The molecule has 2 N–H and O–H groups in total. The number of aliphatic hydroxyl groups excluding tert-OH is 2. The van der Waals surface area contributed by atoms with Gasteiger partial charge in [-0.3, -0.25) is 14.4 Å². The van der Waals surface area contributed by atoms with Gasteiger partial charge in [0.1, 0.15) is 11.9 Å². The molecule has 200 valence electrons. The number of fused-ring (bicyclic) bond motifs is 1. The van der Waals surface area contributed by atoms with E-state index in [4.69, 9.17) is 9.47 Å². The molecule has 0 aliphatic carbocycles. The molecule has 0 aromatic carbocycles. The fourth-order valence-electron chi connectivity index (χ4n) is 4.85. The van der Waals surface area contributed by atoms with Crippen molar-refractivity contribution in [2.75, 3.05) is 0 Å². The molecule has 2 aliphatic heterocycles. The van der Waals surface area contributed by atoms with E-state index in [1.807, 2.05) is 13.8 Å². The number of cyclic esters (lactones) is 1. The van der Waals surface area contributed by atoms with E-state index in [9.17, 15) is 24.6 Å². The minimum atomic E-state index is -1.26. The molecule has 8 nitrogen and oxygen atoms in total. The first-order valence-electron chi connectivity index (χ1n) is 12.7. The van der Waals surface area contributed by atoms with Gasteiger partial charge in [-0.15, -0.1) is 11.3 Å². The van der Waals surface area contributed by atoms with Crippen molar-refractivity contribution in [3.05, 3.63) is 21.7 Å². The second kappa shape index (κ2) is 11.6. The summed E-state index contributed by atoms with van der Waals surface area (Å²) >= 11 is 1.26. The Morgan fingerprint density at radius 3 is 2.50 bits per heavy atom. The molecule has 2 aliphatic rings. The quantitative estimate of drug-likeness (QED) is 0.347. The van der Waals surface area contributed by atoms with Gasteiger partial charge in [-0.1, -0.05) is 34.1 Å². The summed E-state index contributed by atoms with van der Waals surface area (Å²) in [6.45, 7) is 10.1. The van der Waals surface area contributed by atoms with Gasteiger partial charge < -0.3 is 19.7 Å². The summed E-state index contributed by atoms with van der Waals surface area (Å²) in [5, 5.41) is 23.8. The number of hydrogen-bond acceptors (Lipinski definition) is 9. The Labute approximate surface area is 217 Å². The van der Waals surface area contributed by atoms with Crippen molar-refractivity contribution in [3.8, 4) is 0 Å². The molecule has 2 fully saturated rings. The molecular weight excluding hydrogens is 482 g/mol. The van der Waals surface area contributed by atoms with Crippen LogP contribution in [-0.4, -0.2) is 63.3 Å². The lowest BCUT2D eigenvalue weighted by atomic mass is 9.73. The first-order valence-corrected chi connectivity index (χ1v) is 13.6. The van der Waals surface area contributed by atoms with Crippen molar-refractivity contribution in [3.63, 3.8) is 0 Å². The first-order chi connectivity index (χ1) is 16.8. The predicted molar refractivity (Wildman–Crippen MR) is 137 cm³/mol. The second-order valence-corrected chi connectivity index (χ2v) is 11.8. The smallest absolute Gasteiger partial charge is 0.309 e. The van der Waals surface area contributed by atoms with Crippen LogP contribution < -0.4 is 0 Å². The highest BCUT2D eigenvalue weighted by Crippen LogP contribution is 2.36. The van der Waals surface area contributed by atoms with Crippen molar-refractivity contribution in [1.82, 2.24) is 4.98 Å². The number of hydrogen-bond donors (Lipinski definition) is 2. The van der Waals surface area contributed by atoms with Crippen LogP contribution in [0.4, 0.5) is 0 Å². The van der Waals surface area contributed by atoms with E-state index in [0.717, 1.165) is 24.8 Å². The number of nitrogens with zero attached hydrogens (tertiary/aromatic N) is 1. The third kappa shape index (κ3) is 6.88. The molecule has 1 aromatic heterocycles. The number of epoxide rings is 1. The number of carbonyl (C=O) groups excluding carboxylic acids is 3. The van der Waals surface area contributed by atoms with Crippen molar-refractivity contribution in [2.24, 2.45) is 17.3 Å². The van der Waals surface area contributed by atoms with Crippen molar-refractivity contribution >= 4 is 34.9 Å². The largest absolute Gasteiger partial charge is 0.458 e. The first kappa shape index (κ1) is 28.6. The zero-order valence-corrected chi connectivity index (χ0v) is 22.8. The number of carbonyl (C=O) groups is 3. The van der Waals surface area contributed by atoms with Crippen molar-refractivity contribution < 1.29 is 34.1 Å². The Hall–Kier alpha value is -1.94. The van der Waals surface area contributed by atoms with Crippen LogP contribution in [0, 0.1) is 17.3 Å². The SMILES string of the molecule is CC(=O)c1nc(C=C(C)[C@H]2C[C@@H]3O[C@H]3CCC[C@@H](C)[C@@H](O)[C@H](C)C(=O)C(C)(C)[C@H](O)CC(=O)O2)cs1. The molecule has 3 rings (SSSR count). The number of rotatable bonds is 3. The molecule has 0 unspecified atom stereocenters. The zero-order valence-electron chi connectivity index (χ0n) is 22.0. The Balaban J connectivity index is 1.82. The highest BCUT2D eigenvalue weighted by Gasteiger charge is 2.44. The maximum atomic E-state index is 13.2. The van der Waals surface area contributed by atoms with Gasteiger partial charge in [0.05, 0.1) is 41.9 Å². The Bertz CT molecular complexity index is 1000. The van der Waals surface area contributed by atoms with Gasteiger partial charge in [-0.05, 0) is 37.3 Å². The van der Waals surface area contributed by atoms with Crippen LogP contribution in [0.15, 0.2) is 11.0 Å². The number of thiazole rings is 1. The predicted octanol–water partition coefficient (Wildman–Crippen LogP) is 3.98. The van der Waals surface area contributed by atoms with Crippen LogP contribution in [0.3, 0.4) is 0 Å². The van der Waals surface area contributed by atoms with Crippen LogP contribution in [0.2, 0.25) is 0 Å². The molecule has 0 spiro atoms. The highest BCUT2D eigenvalue weighted by molar-refractivity contribution is 7.11. The lowest BCUT2D eigenvalue weighted by Gasteiger charge is -2.34. The number of ketones is 2. The van der Waals surface area contributed by atoms with Crippen LogP contribution >= 0.6 is 11.3 Å². The van der Waals surface area contributed by atoms with Crippen LogP contribution in [0.5, 0.6) is 0 Å². The molecule has 7 atom stereocenters. The van der Waals surface area contributed by atoms with Gasteiger partial charge >= 0.3 is 5.97 Å². The maximum Gasteiger partial charge on any atom is 0.309 e. The third-order valence-corrected chi connectivity index (χ3v) is 8.56. The zero-order chi connectivity index (χ0) is 26.8. The number of Topliss-reactive ketones (excluding diaryl/α,β-unsaturated/α-hetero) is 2. The summed E-state index contributed by atoms with van der Waals surface area (Å²) < 4.78 is 11.7. The fraction of sp³-hybridized carbons (Fsp3) is 0.704. The minimum absolute atomic E-state index is 0.0515. The van der Waals surface area contributed by atoms with E-state index in [-0.39, 0.29) is 36.1 Å². The molecule has 2 saturated heterocycles. The molecule has 0 saturated carbocycles. The summed E-state index contributed by atoms with van der Waals surface area (Å²) in [4.78, 5) is 42.0. The average molecular weight is 522 g/mol. The number of aliphatic hydroxyl groups is 2. The number of esters is 1. The van der Waals surface area contributed by atoms with E-state index in [1.165, 1.54) is 18.3 Å². The molecule has 0 bridgehead atoms. The molecular formula is C27H39NO7S. The fourth-order valence-corrected chi connectivity index (χ4v) is 5.53. The van der Waals surface area contributed by atoms with Gasteiger partial charge in [0, 0.05) is 24.6 Å². The lowest BCUT2D eigenvalue weighted by Crippen LogP contribution is -2.45. The summed E-state index contributed by atoms with van der Waals surface area (Å²) in [5.41, 5.74) is 0.145. The van der Waals surface area contributed by atoms with E-state index >= 15 is 0 Å². The average Bonchev–Trinajstić information content (AvgIpc) is 3.36. The molecule has 0 radical (unpaired) electrons. The van der Waals surface area contributed by atoms with Crippen molar-refractivity contribution in [1.29, 1.82) is 0 Å². The van der Waals surface area contributed by atoms with Crippen LogP contribution in [0.25, 0.3) is 6.08 Å². The van der Waals surface area contributed by atoms with Gasteiger partial charge in [-0.2, -0.15) is 0 Å². The molecule has 9 heteroatoms. The highest BCUT2D eigenvalue weighted by atomic mass is 32.1.